The van der Waals surface area contributed by atoms with Gasteiger partial charge in [-0.3, -0.25) is 10.1 Å². The highest BCUT2D eigenvalue weighted by molar-refractivity contribution is 5.82. The summed E-state index contributed by atoms with van der Waals surface area (Å²) in [6.07, 6.45) is -3.63. The molecule has 6 nitrogen and oxygen atoms in total. The van der Waals surface area contributed by atoms with Crippen LogP contribution in [-0.4, -0.2) is 30.1 Å². The molecule has 1 fully saturated rings. The van der Waals surface area contributed by atoms with Gasteiger partial charge in [-0.2, -0.15) is 13.2 Å². The van der Waals surface area contributed by atoms with E-state index in [4.69, 9.17) is 4.74 Å². The third kappa shape index (κ3) is 3.54. The van der Waals surface area contributed by atoms with Crippen LogP contribution in [0, 0.1) is 10.1 Å². The van der Waals surface area contributed by atoms with Gasteiger partial charge in [0.2, 0.25) is 0 Å². The summed E-state index contributed by atoms with van der Waals surface area (Å²) in [5, 5.41) is 11.2. The summed E-state index contributed by atoms with van der Waals surface area (Å²) in [6, 6.07) is 1.60. The number of nitrogens with zero attached hydrogens (tertiary/aromatic N) is 2. The number of rotatable bonds is 4. The number of nitro benzene ring substituents is 1. The van der Waals surface area contributed by atoms with Gasteiger partial charge in [-0.15, -0.1) is 0 Å². The summed E-state index contributed by atoms with van der Waals surface area (Å²) in [7, 11) is 0. The molecular weight excluding hydrogens is 317 g/mol. The van der Waals surface area contributed by atoms with Gasteiger partial charge in [0.05, 0.1) is 17.1 Å². The zero-order valence-corrected chi connectivity index (χ0v) is 12.3. The van der Waals surface area contributed by atoms with Gasteiger partial charge in [0.25, 0.3) is 5.69 Å². The number of esters is 1. The number of ether oxygens (including phenoxy) is 1. The molecule has 0 bridgehead atoms. The van der Waals surface area contributed by atoms with Crippen LogP contribution in [0.1, 0.15) is 25.3 Å². The monoisotopic (exact) mass is 332 g/mol. The van der Waals surface area contributed by atoms with E-state index in [9.17, 15) is 28.1 Å². The number of nitro groups is 1. The fourth-order valence-electron chi connectivity index (χ4n) is 2.63. The highest BCUT2D eigenvalue weighted by Crippen LogP contribution is 2.38. The lowest BCUT2D eigenvalue weighted by Gasteiger charge is -2.25. The first-order chi connectivity index (χ1) is 10.8. The van der Waals surface area contributed by atoms with E-state index in [1.54, 1.807) is 6.92 Å². The van der Waals surface area contributed by atoms with Gasteiger partial charge in [-0.1, -0.05) is 0 Å². The molecule has 2 rings (SSSR count). The molecule has 0 spiro atoms. The second kappa shape index (κ2) is 6.43. The normalized spacial score (nSPS) is 18.1. The Bertz CT molecular complexity index is 619. The van der Waals surface area contributed by atoms with E-state index in [1.165, 1.54) is 4.90 Å². The molecular formula is C14H15F3N2O4. The Morgan fingerprint density at radius 2 is 2.17 bits per heavy atom. The molecule has 1 saturated heterocycles. The SMILES string of the molecule is CCOC(=O)[C@@H]1CCCN1c1ccc(C(F)(F)F)cc1[N+](=O)[O-]. The van der Waals surface area contributed by atoms with E-state index in [1.807, 2.05) is 0 Å². The Kier molecular flexibility index (Phi) is 4.76. The Morgan fingerprint density at radius 3 is 2.74 bits per heavy atom. The van der Waals surface area contributed by atoms with E-state index in [-0.39, 0.29) is 12.3 Å². The van der Waals surface area contributed by atoms with Crippen molar-refractivity contribution in [2.24, 2.45) is 0 Å². The van der Waals surface area contributed by atoms with Gasteiger partial charge in [0.1, 0.15) is 11.7 Å². The van der Waals surface area contributed by atoms with Gasteiger partial charge in [-0.05, 0) is 31.9 Å². The molecule has 0 amide bonds. The number of carbonyl (C=O) groups excluding carboxylic acids is 1. The van der Waals surface area contributed by atoms with Crippen molar-refractivity contribution < 1.29 is 27.6 Å². The second-order valence-corrected chi connectivity index (χ2v) is 5.06. The summed E-state index contributed by atoms with van der Waals surface area (Å²) < 4.78 is 43.1. The zero-order chi connectivity index (χ0) is 17.2. The summed E-state index contributed by atoms with van der Waals surface area (Å²) >= 11 is 0. The first kappa shape index (κ1) is 17.0. The van der Waals surface area contributed by atoms with Crippen molar-refractivity contribution >= 4 is 17.3 Å². The highest BCUT2D eigenvalue weighted by atomic mass is 19.4. The standard InChI is InChI=1S/C14H15F3N2O4/c1-2-23-13(20)11-4-3-7-18(11)10-6-5-9(14(15,16)17)8-12(10)19(21)22/h5-6,8,11H,2-4,7H2,1H3/t11-/m0/s1. The maximum Gasteiger partial charge on any atom is 0.416 e. The fourth-order valence-corrected chi connectivity index (χ4v) is 2.63. The maximum atomic E-state index is 12.7. The topological polar surface area (TPSA) is 72.7 Å². The second-order valence-electron chi connectivity index (χ2n) is 5.06. The van der Waals surface area contributed by atoms with Crippen LogP contribution in [0.5, 0.6) is 0 Å². The largest absolute Gasteiger partial charge is 0.464 e. The first-order valence-corrected chi connectivity index (χ1v) is 7.04. The van der Waals surface area contributed by atoms with Crippen molar-refractivity contribution in [1.29, 1.82) is 0 Å². The molecule has 1 aromatic carbocycles. The predicted octanol–water partition coefficient (Wildman–Crippen LogP) is 3.15. The van der Waals surface area contributed by atoms with Crippen LogP contribution in [0.25, 0.3) is 0 Å². The van der Waals surface area contributed by atoms with E-state index >= 15 is 0 Å². The molecule has 1 heterocycles. The Morgan fingerprint density at radius 1 is 1.48 bits per heavy atom. The molecule has 1 aromatic rings. The van der Waals surface area contributed by atoms with Crippen molar-refractivity contribution in [2.75, 3.05) is 18.1 Å². The molecule has 126 valence electrons. The van der Waals surface area contributed by atoms with Crippen molar-refractivity contribution in [3.63, 3.8) is 0 Å². The molecule has 0 N–H and O–H groups in total. The minimum Gasteiger partial charge on any atom is -0.464 e. The lowest BCUT2D eigenvalue weighted by Crippen LogP contribution is -2.37. The minimum absolute atomic E-state index is 0.00134. The van der Waals surface area contributed by atoms with E-state index in [0.717, 1.165) is 12.1 Å². The number of alkyl halides is 3. The minimum atomic E-state index is -4.67. The number of halogens is 3. The van der Waals surface area contributed by atoms with Crippen LogP contribution in [0.3, 0.4) is 0 Å². The fraction of sp³-hybridized carbons (Fsp3) is 0.500. The summed E-state index contributed by atoms with van der Waals surface area (Å²) in [5.74, 6) is -0.529. The lowest BCUT2D eigenvalue weighted by atomic mass is 10.1. The number of benzene rings is 1. The Hall–Kier alpha value is -2.32. The molecule has 0 unspecified atom stereocenters. The van der Waals surface area contributed by atoms with E-state index in [2.05, 4.69) is 0 Å². The quantitative estimate of drug-likeness (QED) is 0.481. The molecule has 0 radical (unpaired) electrons. The molecule has 1 atom stereocenters. The van der Waals surface area contributed by atoms with Crippen LogP contribution in [0.4, 0.5) is 24.5 Å². The molecule has 0 aromatic heterocycles. The maximum absolute atomic E-state index is 12.7. The number of anilines is 1. The summed E-state index contributed by atoms with van der Waals surface area (Å²) in [4.78, 5) is 23.6. The third-order valence-corrected chi connectivity index (χ3v) is 3.62. The lowest BCUT2D eigenvalue weighted by molar-refractivity contribution is -0.384. The van der Waals surface area contributed by atoms with Crippen LogP contribution in [-0.2, 0) is 15.7 Å². The molecule has 9 heteroatoms. The van der Waals surface area contributed by atoms with Crippen LogP contribution in [0.2, 0.25) is 0 Å². The van der Waals surface area contributed by atoms with Gasteiger partial charge < -0.3 is 9.64 Å². The van der Waals surface area contributed by atoms with Gasteiger partial charge in [-0.25, -0.2) is 4.79 Å². The molecule has 0 saturated carbocycles. The third-order valence-electron chi connectivity index (χ3n) is 3.62. The predicted molar refractivity (Wildman–Crippen MR) is 75.1 cm³/mol. The summed E-state index contributed by atoms with van der Waals surface area (Å²) in [6.45, 7) is 2.14. The average molecular weight is 332 g/mol. The van der Waals surface area contributed by atoms with Crippen molar-refractivity contribution in [3.05, 3.63) is 33.9 Å². The van der Waals surface area contributed by atoms with Crippen LogP contribution < -0.4 is 4.90 Å². The Balaban J connectivity index is 2.42. The molecule has 0 aliphatic carbocycles. The average Bonchev–Trinajstić information content (AvgIpc) is 2.95. The molecule has 23 heavy (non-hydrogen) atoms. The van der Waals surface area contributed by atoms with Crippen molar-refractivity contribution in [3.8, 4) is 0 Å². The molecule has 1 aliphatic rings. The smallest absolute Gasteiger partial charge is 0.416 e. The van der Waals surface area contributed by atoms with Gasteiger partial charge in [0.15, 0.2) is 0 Å². The summed E-state index contributed by atoms with van der Waals surface area (Å²) in [5.41, 5.74) is -1.77. The Labute approximate surface area is 130 Å². The number of hydrogen-bond acceptors (Lipinski definition) is 5. The van der Waals surface area contributed by atoms with Gasteiger partial charge >= 0.3 is 12.1 Å². The number of carbonyl (C=O) groups is 1. The van der Waals surface area contributed by atoms with Crippen LogP contribution in [0.15, 0.2) is 18.2 Å². The zero-order valence-electron chi connectivity index (χ0n) is 12.3. The van der Waals surface area contributed by atoms with Gasteiger partial charge in [0, 0.05) is 12.6 Å². The first-order valence-electron chi connectivity index (χ1n) is 7.04. The van der Waals surface area contributed by atoms with Crippen molar-refractivity contribution in [1.82, 2.24) is 0 Å². The number of hydrogen-bond donors (Lipinski definition) is 0. The van der Waals surface area contributed by atoms with Crippen molar-refractivity contribution in [2.45, 2.75) is 32.0 Å². The van der Waals surface area contributed by atoms with Crippen LogP contribution >= 0.6 is 0 Å². The highest BCUT2D eigenvalue weighted by Gasteiger charge is 2.38. The molecule has 1 aliphatic heterocycles. The van der Waals surface area contributed by atoms with E-state index in [0.29, 0.717) is 25.5 Å². The van der Waals surface area contributed by atoms with E-state index < -0.39 is 34.4 Å².